The maximum atomic E-state index is 12.7. The minimum atomic E-state index is -4.53. The fourth-order valence-electron chi connectivity index (χ4n) is 2.17. The molecule has 150 valence electrons. The van der Waals surface area contributed by atoms with Crippen molar-refractivity contribution in [1.82, 2.24) is 5.43 Å². The van der Waals surface area contributed by atoms with Gasteiger partial charge in [-0.25, -0.2) is 5.43 Å². The van der Waals surface area contributed by atoms with Crippen molar-refractivity contribution in [3.05, 3.63) is 81.0 Å². The van der Waals surface area contributed by atoms with Crippen molar-refractivity contribution in [2.24, 2.45) is 5.10 Å². The first-order valence-electron chi connectivity index (χ1n) is 7.96. The summed E-state index contributed by atoms with van der Waals surface area (Å²) in [5, 5.41) is 4.93. The lowest BCUT2D eigenvalue weighted by atomic mass is 10.1. The molecule has 1 amide bonds. The second-order valence-corrected chi connectivity index (χ2v) is 7.95. The quantitative estimate of drug-likeness (QED) is 0.314. The van der Waals surface area contributed by atoms with Crippen LogP contribution >= 0.6 is 39.3 Å². The molecular formula is C19H11BrClF3N2O2S. The van der Waals surface area contributed by atoms with E-state index in [9.17, 15) is 18.0 Å². The highest BCUT2D eigenvalue weighted by Crippen LogP contribution is 2.36. The van der Waals surface area contributed by atoms with Crippen molar-refractivity contribution >= 4 is 51.4 Å². The van der Waals surface area contributed by atoms with Crippen molar-refractivity contribution in [2.45, 2.75) is 16.2 Å². The van der Waals surface area contributed by atoms with E-state index in [1.807, 2.05) is 12.1 Å². The molecule has 1 N–H and O–H groups in total. The molecule has 0 aliphatic carbocycles. The molecule has 3 rings (SSSR count). The molecule has 0 saturated carbocycles. The van der Waals surface area contributed by atoms with Gasteiger partial charge in [-0.1, -0.05) is 29.4 Å². The Morgan fingerprint density at radius 3 is 2.59 bits per heavy atom. The fourth-order valence-corrected chi connectivity index (χ4v) is 3.62. The predicted octanol–water partition coefficient (Wildman–Crippen LogP) is 6.63. The van der Waals surface area contributed by atoms with Crippen molar-refractivity contribution in [2.75, 3.05) is 0 Å². The summed E-state index contributed by atoms with van der Waals surface area (Å²) in [7, 11) is 0. The standard InChI is InChI=1S/C19H11BrClF3N2O2S/c20-16-9-14(28-18(16)29-15-6-4-13(21)5-7-15)10-25-26-17(27)11-2-1-3-12(8-11)19(22,23)24/h1-10H,(H,26,27)/b25-10-. The maximum Gasteiger partial charge on any atom is 0.416 e. The van der Waals surface area contributed by atoms with Crippen molar-refractivity contribution in [3.63, 3.8) is 0 Å². The second-order valence-electron chi connectivity index (χ2n) is 5.62. The number of alkyl halides is 3. The van der Waals surface area contributed by atoms with E-state index in [-0.39, 0.29) is 5.56 Å². The van der Waals surface area contributed by atoms with E-state index in [1.54, 1.807) is 18.2 Å². The topological polar surface area (TPSA) is 54.6 Å². The third kappa shape index (κ3) is 5.88. The van der Waals surface area contributed by atoms with Gasteiger partial charge in [0.25, 0.3) is 5.91 Å². The van der Waals surface area contributed by atoms with Gasteiger partial charge in [-0.05, 0) is 58.4 Å². The molecular weight excluding hydrogens is 493 g/mol. The van der Waals surface area contributed by atoms with E-state index in [1.165, 1.54) is 24.0 Å². The van der Waals surface area contributed by atoms with Crippen LogP contribution < -0.4 is 5.43 Å². The number of nitrogens with one attached hydrogen (secondary N) is 1. The molecule has 29 heavy (non-hydrogen) atoms. The molecule has 0 aliphatic rings. The van der Waals surface area contributed by atoms with Gasteiger partial charge in [0.15, 0.2) is 5.09 Å². The van der Waals surface area contributed by atoms with Crippen molar-refractivity contribution in [3.8, 4) is 0 Å². The summed E-state index contributed by atoms with van der Waals surface area (Å²) in [5.41, 5.74) is 1.11. The predicted molar refractivity (Wildman–Crippen MR) is 108 cm³/mol. The molecule has 4 nitrogen and oxygen atoms in total. The number of benzene rings is 2. The lowest BCUT2D eigenvalue weighted by Gasteiger charge is -2.07. The summed E-state index contributed by atoms with van der Waals surface area (Å²) in [6.45, 7) is 0. The summed E-state index contributed by atoms with van der Waals surface area (Å²) >= 11 is 10.6. The molecule has 0 radical (unpaired) electrons. The van der Waals surface area contributed by atoms with Crippen LogP contribution in [0.25, 0.3) is 0 Å². The number of amides is 1. The number of nitrogens with zero attached hydrogens (tertiary/aromatic N) is 1. The van der Waals surface area contributed by atoms with Crippen LogP contribution in [0.3, 0.4) is 0 Å². The number of halogens is 5. The largest absolute Gasteiger partial charge is 0.447 e. The molecule has 0 saturated heterocycles. The van der Waals surface area contributed by atoms with Gasteiger partial charge in [-0.15, -0.1) is 0 Å². The molecule has 1 aromatic heterocycles. The van der Waals surface area contributed by atoms with Crippen LogP contribution in [-0.2, 0) is 6.18 Å². The summed E-state index contributed by atoms with van der Waals surface area (Å²) in [5.74, 6) is -0.425. The van der Waals surface area contributed by atoms with Gasteiger partial charge in [0.1, 0.15) is 5.76 Å². The first-order valence-corrected chi connectivity index (χ1v) is 9.94. The van der Waals surface area contributed by atoms with Gasteiger partial charge in [0, 0.05) is 21.5 Å². The zero-order valence-electron chi connectivity index (χ0n) is 14.3. The minimum Gasteiger partial charge on any atom is -0.447 e. The number of hydrogen-bond donors (Lipinski definition) is 1. The van der Waals surface area contributed by atoms with Crippen molar-refractivity contribution in [1.29, 1.82) is 0 Å². The Morgan fingerprint density at radius 2 is 1.90 bits per heavy atom. The third-order valence-corrected chi connectivity index (χ3v) is 5.61. The number of hydrogen-bond acceptors (Lipinski definition) is 4. The molecule has 0 aliphatic heterocycles. The first-order chi connectivity index (χ1) is 13.7. The van der Waals surface area contributed by atoms with Crippen LogP contribution in [0.2, 0.25) is 5.02 Å². The van der Waals surface area contributed by atoms with E-state index in [2.05, 4.69) is 26.5 Å². The molecule has 2 aromatic carbocycles. The zero-order chi connectivity index (χ0) is 21.0. The maximum absolute atomic E-state index is 12.7. The van der Waals surface area contributed by atoms with E-state index < -0.39 is 17.6 Å². The van der Waals surface area contributed by atoms with E-state index in [0.717, 1.165) is 23.1 Å². The van der Waals surface area contributed by atoms with Gasteiger partial charge in [-0.3, -0.25) is 4.79 Å². The highest BCUT2D eigenvalue weighted by Gasteiger charge is 2.30. The molecule has 0 atom stereocenters. The molecule has 0 fully saturated rings. The molecule has 0 bridgehead atoms. The number of rotatable bonds is 5. The molecule has 0 spiro atoms. The van der Waals surface area contributed by atoms with Crippen LogP contribution in [0, 0.1) is 0 Å². The van der Waals surface area contributed by atoms with E-state index in [0.29, 0.717) is 20.3 Å². The van der Waals surface area contributed by atoms with E-state index in [4.69, 9.17) is 16.0 Å². The van der Waals surface area contributed by atoms with Gasteiger partial charge in [0.2, 0.25) is 0 Å². The summed E-state index contributed by atoms with van der Waals surface area (Å²) in [6, 6.07) is 12.9. The van der Waals surface area contributed by atoms with Crippen LogP contribution in [0.15, 0.2) is 78.6 Å². The van der Waals surface area contributed by atoms with Gasteiger partial charge in [-0.2, -0.15) is 18.3 Å². The molecule has 10 heteroatoms. The Balaban J connectivity index is 1.65. The van der Waals surface area contributed by atoms with Crippen LogP contribution in [0.5, 0.6) is 0 Å². The Bertz CT molecular complexity index is 1050. The molecule has 1 heterocycles. The Morgan fingerprint density at radius 1 is 1.17 bits per heavy atom. The average Bonchev–Trinajstić information content (AvgIpc) is 3.02. The lowest BCUT2D eigenvalue weighted by Crippen LogP contribution is -2.18. The van der Waals surface area contributed by atoms with E-state index >= 15 is 0 Å². The van der Waals surface area contributed by atoms with Crippen LogP contribution in [-0.4, -0.2) is 12.1 Å². The monoisotopic (exact) mass is 502 g/mol. The normalized spacial score (nSPS) is 11.8. The second kappa shape index (κ2) is 9.06. The number of carbonyl (C=O) groups is 1. The SMILES string of the molecule is O=C(N/N=C\c1cc(Br)c(Sc2ccc(Cl)cc2)o1)c1cccc(C(F)(F)F)c1. The van der Waals surface area contributed by atoms with Crippen LogP contribution in [0.4, 0.5) is 13.2 Å². The van der Waals surface area contributed by atoms with Gasteiger partial charge in [0.05, 0.1) is 16.3 Å². The summed E-state index contributed by atoms with van der Waals surface area (Å²) < 4.78 is 44.5. The Labute approximate surface area is 181 Å². The molecule has 0 unspecified atom stereocenters. The molecule has 3 aromatic rings. The lowest BCUT2D eigenvalue weighted by molar-refractivity contribution is -0.137. The van der Waals surface area contributed by atoms with Gasteiger partial charge >= 0.3 is 6.18 Å². The number of furan rings is 1. The van der Waals surface area contributed by atoms with Crippen molar-refractivity contribution < 1.29 is 22.4 Å². The third-order valence-electron chi connectivity index (χ3n) is 3.51. The zero-order valence-corrected chi connectivity index (χ0v) is 17.5. The first kappa shape index (κ1) is 21.5. The van der Waals surface area contributed by atoms with Gasteiger partial charge < -0.3 is 4.42 Å². The smallest absolute Gasteiger partial charge is 0.416 e. The Kier molecular flexibility index (Phi) is 6.71. The Hall–Kier alpha value is -2.23. The summed E-state index contributed by atoms with van der Waals surface area (Å²) in [6.07, 6.45) is -3.28. The van der Waals surface area contributed by atoms with Crippen LogP contribution in [0.1, 0.15) is 21.7 Å². The highest BCUT2D eigenvalue weighted by atomic mass is 79.9. The fraction of sp³-hybridized carbons (Fsp3) is 0.0526. The minimum absolute atomic E-state index is 0.156. The number of carbonyl (C=O) groups excluding carboxylic acids is 1. The average molecular weight is 504 g/mol. The number of hydrazone groups is 1. The summed E-state index contributed by atoms with van der Waals surface area (Å²) in [4.78, 5) is 12.9. The highest BCUT2D eigenvalue weighted by molar-refractivity contribution is 9.10.